The quantitative estimate of drug-likeness (QED) is 0.422. The Bertz CT molecular complexity index is 600. The molecule has 21 heavy (non-hydrogen) atoms. The fourth-order valence-electron chi connectivity index (χ4n) is 1.54. The Balaban J connectivity index is 0.000000436. The number of carbonyl (C=O) groups is 1. The van der Waals surface area contributed by atoms with Gasteiger partial charge in [-0.05, 0) is 38.9 Å². The van der Waals surface area contributed by atoms with Gasteiger partial charge in [-0.1, -0.05) is 0 Å². The van der Waals surface area contributed by atoms with Crippen LogP contribution in [0, 0.1) is 19.9 Å². The normalized spacial score (nSPS) is 10.2. The molecule has 0 saturated carbocycles. The molecule has 115 valence electrons. The summed E-state index contributed by atoms with van der Waals surface area (Å²) in [5, 5.41) is 12.6. The third-order valence-electron chi connectivity index (χ3n) is 2.59. The first-order valence-corrected chi connectivity index (χ1v) is 6.28. The van der Waals surface area contributed by atoms with Crippen molar-refractivity contribution < 1.29 is 30.0 Å². The number of benzene rings is 1. The first-order chi connectivity index (χ1) is 9.41. The third kappa shape index (κ3) is 6.52. The van der Waals surface area contributed by atoms with Crippen molar-refractivity contribution in [3.8, 4) is 5.69 Å². The van der Waals surface area contributed by atoms with Gasteiger partial charge in [0.2, 0.25) is 0 Å². The van der Waals surface area contributed by atoms with E-state index < -0.39 is 0 Å². The second kappa shape index (κ2) is 9.27. The van der Waals surface area contributed by atoms with E-state index in [2.05, 4.69) is 25.0 Å². The SMILES string of the molecule is CC(=O)/C=C(/C)O.Cc1cnn(-c2[c-]cccc2)c1C.[Ir]. The van der Waals surface area contributed by atoms with Crippen LogP contribution in [-0.4, -0.2) is 20.7 Å². The third-order valence-corrected chi connectivity index (χ3v) is 2.59. The zero-order chi connectivity index (χ0) is 15.1. The molecule has 4 nitrogen and oxygen atoms in total. The van der Waals surface area contributed by atoms with Crippen molar-refractivity contribution >= 4 is 5.78 Å². The zero-order valence-corrected chi connectivity index (χ0v) is 14.9. The summed E-state index contributed by atoms with van der Waals surface area (Å²) in [6.07, 6.45) is 3.04. The van der Waals surface area contributed by atoms with Crippen LogP contribution >= 0.6 is 0 Å². The number of hydrogen-bond donors (Lipinski definition) is 1. The van der Waals surface area contributed by atoms with Crippen molar-refractivity contribution in [3.05, 3.63) is 59.6 Å². The number of aliphatic hydroxyl groups excluding tert-OH is 1. The number of aromatic nitrogens is 2. The van der Waals surface area contributed by atoms with Gasteiger partial charge in [0.15, 0.2) is 5.78 Å². The topological polar surface area (TPSA) is 55.1 Å². The van der Waals surface area contributed by atoms with Gasteiger partial charge in [0, 0.05) is 31.9 Å². The first kappa shape index (κ1) is 19.3. The number of para-hydroxylation sites is 1. The van der Waals surface area contributed by atoms with Gasteiger partial charge in [-0.25, -0.2) is 0 Å². The maximum absolute atomic E-state index is 10.0. The van der Waals surface area contributed by atoms with Crippen molar-refractivity contribution in [1.82, 2.24) is 9.78 Å². The van der Waals surface area contributed by atoms with Crippen molar-refractivity contribution in [2.75, 3.05) is 0 Å². The molecule has 0 fully saturated rings. The molecule has 1 aromatic carbocycles. The Kier molecular flexibility index (Phi) is 8.51. The predicted molar refractivity (Wildman–Crippen MR) is 78.9 cm³/mol. The van der Waals surface area contributed by atoms with E-state index in [0.29, 0.717) is 0 Å². The average molecular weight is 464 g/mol. The molecule has 0 amide bonds. The minimum Gasteiger partial charge on any atom is -0.512 e. The van der Waals surface area contributed by atoms with E-state index in [-0.39, 0.29) is 31.6 Å². The summed E-state index contributed by atoms with van der Waals surface area (Å²) in [7, 11) is 0. The number of aryl methyl sites for hydroxylation is 1. The van der Waals surface area contributed by atoms with Crippen molar-refractivity contribution in [2.45, 2.75) is 27.7 Å². The Morgan fingerprint density at radius 2 is 2.00 bits per heavy atom. The number of hydrogen-bond acceptors (Lipinski definition) is 3. The van der Waals surface area contributed by atoms with Crippen LogP contribution in [0.2, 0.25) is 0 Å². The molecule has 2 aromatic rings. The van der Waals surface area contributed by atoms with Crippen LogP contribution in [0.4, 0.5) is 0 Å². The van der Waals surface area contributed by atoms with E-state index >= 15 is 0 Å². The fraction of sp³-hybridized carbons (Fsp3) is 0.250. The van der Waals surface area contributed by atoms with Crippen LogP contribution in [0.25, 0.3) is 5.69 Å². The smallest absolute Gasteiger partial charge is 0.155 e. The van der Waals surface area contributed by atoms with Crippen LogP contribution < -0.4 is 0 Å². The Morgan fingerprint density at radius 1 is 1.33 bits per heavy atom. The summed E-state index contributed by atoms with van der Waals surface area (Å²) >= 11 is 0. The molecule has 0 unspecified atom stereocenters. The number of aliphatic hydroxyl groups is 1. The van der Waals surface area contributed by atoms with Gasteiger partial charge in [-0.15, -0.1) is 6.07 Å². The summed E-state index contributed by atoms with van der Waals surface area (Å²) in [4.78, 5) is 10.0. The van der Waals surface area contributed by atoms with Crippen LogP contribution in [0.15, 0.2) is 42.3 Å². The number of allylic oxidation sites excluding steroid dienone is 2. The Labute approximate surface area is 138 Å². The molecule has 1 aromatic heterocycles. The van der Waals surface area contributed by atoms with E-state index in [4.69, 9.17) is 5.11 Å². The van der Waals surface area contributed by atoms with E-state index in [1.165, 1.54) is 31.2 Å². The zero-order valence-electron chi connectivity index (χ0n) is 12.5. The van der Waals surface area contributed by atoms with E-state index in [9.17, 15) is 4.79 Å². The molecule has 0 aliphatic rings. The molecule has 1 radical (unpaired) electrons. The second-order valence-electron chi connectivity index (χ2n) is 4.47. The fourth-order valence-corrected chi connectivity index (χ4v) is 1.54. The van der Waals surface area contributed by atoms with Crippen LogP contribution in [0.5, 0.6) is 0 Å². The average Bonchev–Trinajstić information content (AvgIpc) is 2.70. The largest absolute Gasteiger partial charge is 0.512 e. The van der Waals surface area contributed by atoms with Crippen molar-refractivity contribution in [1.29, 1.82) is 0 Å². The molecule has 0 aliphatic carbocycles. The standard InChI is InChI=1S/C11H11N2.C5H8O2.Ir/c1-9-8-12-13(10(9)2)11-6-4-3-5-7-11;1-4(6)3-5(2)7;/h3-6,8H,1-2H3;3,6H,1-2H3;/q-1;;/b;4-3-;. The van der Waals surface area contributed by atoms with E-state index in [1.54, 1.807) is 0 Å². The van der Waals surface area contributed by atoms with Crippen LogP contribution in [-0.2, 0) is 24.9 Å². The number of nitrogens with zero attached hydrogens (tertiary/aromatic N) is 2. The van der Waals surface area contributed by atoms with Gasteiger partial charge >= 0.3 is 0 Å². The number of ketones is 1. The predicted octanol–water partition coefficient (Wildman–Crippen LogP) is 3.32. The molecule has 1 N–H and O–H groups in total. The minimum atomic E-state index is -0.125. The second-order valence-corrected chi connectivity index (χ2v) is 4.47. The number of carbonyl (C=O) groups excluding carboxylic acids is 1. The molecular weight excluding hydrogens is 444 g/mol. The van der Waals surface area contributed by atoms with Crippen LogP contribution in [0.3, 0.4) is 0 Å². The van der Waals surface area contributed by atoms with Crippen LogP contribution in [0.1, 0.15) is 25.1 Å². The van der Waals surface area contributed by atoms with Gasteiger partial charge in [0.1, 0.15) is 0 Å². The Hall–Kier alpha value is -1.71. The molecule has 0 aliphatic heterocycles. The molecule has 0 bridgehead atoms. The minimum absolute atomic E-state index is 0. The summed E-state index contributed by atoms with van der Waals surface area (Å²) in [5.41, 5.74) is 3.37. The van der Waals surface area contributed by atoms with E-state index in [1.807, 2.05) is 35.1 Å². The molecule has 0 atom stereocenters. The molecule has 5 heteroatoms. The summed E-state index contributed by atoms with van der Waals surface area (Å²) in [5.74, 6) is -0.0625. The molecular formula is C16H19IrN2O2-. The van der Waals surface area contributed by atoms with Gasteiger partial charge in [-0.3, -0.25) is 9.48 Å². The van der Waals surface area contributed by atoms with Gasteiger partial charge in [0.05, 0.1) is 12.0 Å². The van der Waals surface area contributed by atoms with Gasteiger partial charge in [-0.2, -0.15) is 29.4 Å². The molecule has 1 heterocycles. The summed E-state index contributed by atoms with van der Waals surface area (Å²) < 4.78 is 1.90. The first-order valence-electron chi connectivity index (χ1n) is 6.28. The summed E-state index contributed by atoms with van der Waals surface area (Å²) in [6.45, 7) is 6.96. The maximum atomic E-state index is 10.0. The maximum Gasteiger partial charge on any atom is 0.155 e. The van der Waals surface area contributed by atoms with Gasteiger partial charge in [0.25, 0.3) is 0 Å². The molecule has 0 saturated heterocycles. The van der Waals surface area contributed by atoms with Gasteiger partial charge < -0.3 is 5.11 Å². The monoisotopic (exact) mass is 464 g/mol. The van der Waals surface area contributed by atoms with Crippen molar-refractivity contribution in [3.63, 3.8) is 0 Å². The summed E-state index contributed by atoms with van der Waals surface area (Å²) in [6, 6.07) is 11.0. The Morgan fingerprint density at radius 3 is 2.33 bits per heavy atom. The molecule has 0 spiro atoms. The van der Waals surface area contributed by atoms with Crippen molar-refractivity contribution in [2.24, 2.45) is 0 Å². The molecule has 2 rings (SSSR count). The number of rotatable bonds is 2. The van der Waals surface area contributed by atoms with E-state index in [0.717, 1.165) is 5.69 Å².